The maximum Gasteiger partial charge on any atom is 0.251 e. The molecule has 6 nitrogen and oxygen atoms in total. The molecule has 2 unspecified atom stereocenters. The zero-order chi connectivity index (χ0) is 21.1. The van der Waals surface area contributed by atoms with E-state index < -0.39 is 22.1 Å². The lowest BCUT2D eigenvalue weighted by molar-refractivity contribution is 0.0951. The zero-order valence-electron chi connectivity index (χ0n) is 15.8. The molecule has 0 fully saturated rings. The van der Waals surface area contributed by atoms with Gasteiger partial charge in [-0.3, -0.25) is 14.6 Å². The Hall–Kier alpha value is -3.39. The van der Waals surface area contributed by atoms with E-state index in [1.165, 1.54) is 18.2 Å². The number of carbonyl (C=O) groups excluding carboxylic acids is 2. The van der Waals surface area contributed by atoms with Crippen molar-refractivity contribution >= 4 is 28.4 Å². The number of Topliss-reactive ketones (excluding diaryl/α,β-unsaturated/α-hetero) is 1. The van der Waals surface area contributed by atoms with E-state index in [4.69, 9.17) is 0 Å². The highest BCUT2D eigenvalue weighted by atomic mass is 32.2. The number of nitrogens with one attached hydrogen (secondary N) is 2. The van der Waals surface area contributed by atoms with Crippen molar-refractivity contribution in [3.05, 3.63) is 95.1 Å². The fourth-order valence-electron chi connectivity index (χ4n) is 3.26. The second-order valence-corrected chi connectivity index (χ2v) is 8.25. The van der Waals surface area contributed by atoms with Gasteiger partial charge in [-0.2, -0.15) is 0 Å². The number of hydrogen-bond donors (Lipinski definition) is 2. The summed E-state index contributed by atoms with van der Waals surface area (Å²) >= 11 is 0. The van der Waals surface area contributed by atoms with Gasteiger partial charge in [0.05, 0.1) is 5.69 Å². The Kier molecular flexibility index (Phi) is 5.67. The van der Waals surface area contributed by atoms with E-state index in [0.29, 0.717) is 28.9 Å². The van der Waals surface area contributed by atoms with Crippen LogP contribution < -0.4 is 10.0 Å². The van der Waals surface area contributed by atoms with Crippen molar-refractivity contribution in [1.29, 1.82) is 0 Å². The van der Waals surface area contributed by atoms with E-state index in [9.17, 15) is 18.2 Å². The molecule has 2 N–H and O–H groups in total. The van der Waals surface area contributed by atoms with Gasteiger partial charge >= 0.3 is 0 Å². The lowest BCUT2D eigenvalue weighted by Crippen LogP contribution is -2.37. The standard InChI is InChI=1S/C22H18FN3O3S/c23-17-3-1-2-15(10-17)11-20-21(27)18-12-16(4-5-19(18)26-30(20)29)22(28)25-13-14-6-8-24-9-7-14/h1-10,12,20,26H,11,13H2,(H,25,28). The Morgan fingerprint density at radius 1 is 1.10 bits per heavy atom. The Bertz CT molecular complexity index is 1140. The molecule has 2 aromatic carbocycles. The van der Waals surface area contributed by atoms with Gasteiger partial charge in [-0.25, -0.2) is 8.60 Å². The van der Waals surface area contributed by atoms with Crippen molar-refractivity contribution in [3.63, 3.8) is 0 Å². The van der Waals surface area contributed by atoms with Crippen LogP contribution in [-0.4, -0.2) is 26.1 Å². The number of rotatable bonds is 5. The Labute approximate surface area is 175 Å². The van der Waals surface area contributed by atoms with Crippen LogP contribution in [0.5, 0.6) is 0 Å². The molecule has 0 saturated heterocycles. The fraction of sp³-hybridized carbons (Fsp3) is 0.136. The second kappa shape index (κ2) is 8.54. The van der Waals surface area contributed by atoms with E-state index in [1.807, 2.05) is 0 Å². The molecule has 8 heteroatoms. The zero-order valence-corrected chi connectivity index (χ0v) is 16.6. The summed E-state index contributed by atoms with van der Waals surface area (Å²) in [6.45, 7) is 0.330. The third-order valence-corrected chi connectivity index (χ3v) is 6.14. The molecule has 2 heterocycles. The molecule has 1 aromatic heterocycles. The van der Waals surface area contributed by atoms with Crippen LogP contribution in [0.3, 0.4) is 0 Å². The quantitative estimate of drug-likeness (QED) is 0.660. The van der Waals surface area contributed by atoms with Crippen LogP contribution in [0, 0.1) is 5.82 Å². The van der Waals surface area contributed by atoms with Crippen LogP contribution in [0.4, 0.5) is 10.1 Å². The predicted octanol–water partition coefficient (Wildman–Crippen LogP) is 3.03. The van der Waals surface area contributed by atoms with Crippen molar-refractivity contribution in [2.45, 2.75) is 18.2 Å². The van der Waals surface area contributed by atoms with Gasteiger partial charge in [-0.15, -0.1) is 0 Å². The van der Waals surface area contributed by atoms with Crippen molar-refractivity contribution in [1.82, 2.24) is 10.3 Å². The first-order chi connectivity index (χ1) is 14.5. The van der Waals surface area contributed by atoms with Gasteiger partial charge in [-0.05, 0) is 60.0 Å². The Morgan fingerprint density at radius 3 is 2.67 bits per heavy atom. The summed E-state index contributed by atoms with van der Waals surface area (Å²) < 4.78 is 28.8. The van der Waals surface area contributed by atoms with Crippen LogP contribution in [-0.2, 0) is 24.0 Å². The highest BCUT2D eigenvalue weighted by molar-refractivity contribution is 7.88. The lowest BCUT2D eigenvalue weighted by Gasteiger charge is -2.24. The highest BCUT2D eigenvalue weighted by Crippen LogP contribution is 2.28. The number of pyridine rings is 1. The van der Waals surface area contributed by atoms with Crippen LogP contribution >= 0.6 is 0 Å². The maximum atomic E-state index is 13.5. The van der Waals surface area contributed by atoms with E-state index >= 15 is 0 Å². The molecule has 30 heavy (non-hydrogen) atoms. The molecular formula is C22H18FN3O3S. The van der Waals surface area contributed by atoms with E-state index in [2.05, 4.69) is 15.0 Å². The van der Waals surface area contributed by atoms with Crippen LogP contribution in [0.1, 0.15) is 31.8 Å². The number of fused-ring (bicyclic) bond motifs is 1. The summed E-state index contributed by atoms with van der Waals surface area (Å²) in [5.74, 6) is -1.08. The third kappa shape index (κ3) is 4.28. The first-order valence-corrected chi connectivity index (χ1v) is 10.5. The van der Waals surface area contributed by atoms with Gasteiger partial charge in [0.1, 0.15) is 22.1 Å². The van der Waals surface area contributed by atoms with E-state index in [1.54, 1.807) is 48.8 Å². The van der Waals surface area contributed by atoms with Gasteiger partial charge < -0.3 is 10.0 Å². The van der Waals surface area contributed by atoms with Gasteiger partial charge in [0.2, 0.25) is 0 Å². The molecule has 3 aromatic rings. The number of anilines is 1. The van der Waals surface area contributed by atoms with Gasteiger partial charge in [-0.1, -0.05) is 12.1 Å². The second-order valence-electron chi connectivity index (χ2n) is 6.88. The molecule has 0 aliphatic carbocycles. The minimum absolute atomic E-state index is 0.133. The molecule has 0 spiro atoms. The number of carbonyl (C=O) groups is 2. The van der Waals surface area contributed by atoms with Crippen molar-refractivity contribution in [2.75, 3.05) is 4.72 Å². The molecule has 152 valence electrons. The maximum absolute atomic E-state index is 13.5. The molecular weight excluding hydrogens is 405 g/mol. The van der Waals surface area contributed by atoms with Crippen molar-refractivity contribution < 1.29 is 18.2 Å². The van der Waals surface area contributed by atoms with Crippen molar-refractivity contribution in [2.24, 2.45) is 0 Å². The van der Waals surface area contributed by atoms with Gasteiger partial charge in [0.15, 0.2) is 5.78 Å². The average Bonchev–Trinajstić information content (AvgIpc) is 2.75. The molecule has 0 bridgehead atoms. The molecule has 0 saturated carbocycles. The number of benzene rings is 2. The third-order valence-electron chi connectivity index (χ3n) is 4.82. The Balaban J connectivity index is 1.53. The molecule has 0 radical (unpaired) electrons. The number of nitrogens with zero attached hydrogens (tertiary/aromatic N) is 1. The molecule has 1 aliphatic heterocycles. The molecule has 4 rings (SSSR count). The SMILES string of the molecule is O=C(NCc1ccncc1)c1ccc2c(c1)C(=O)C(Cc1cccc(F)c1)S(=O)N2. The Morgan fingerprint density at radius 2 is 1.90 bits per heavy atom. The minimum atomic E-state index is -1.65. The summed E-state index contributed by atoms with van der Waals surface area (Å²) in [6, 6.07) is 14.1. The predicted molar refractivity (Wildman–Crippen MR) is 112 cm³/mol. The van der Waals surface area contributed by atoms with Crippen LogP contribution in [0.15, 0.2) is 67.0 Å². The molecule has 1 aliphatic rings. The first-order valence-electron chi connectivity index (χ1n) is 9.28. The summed E-state index contributed by atoms with van der Waals surface area (Å²) in [4.78, 5) is 29.5. The van der Waals surface area contributed by atoms with Crippen LogP contribution in [0.2, 0.25) is 0 Å². The van der Waals surface area contributed by atoms with Gasteiger partial charge in [0.25, 0.3) is 5.91 Å². The number of hydrogen-bond acceptors (Lipinski definition) is 4. The highest BCUT2D eigenvalue weighted by Gasteiger charge is 2.34. The summed E-state index contributed by atoms with van der Waals surface area (Å²) in [5, 5.41) is 1.94. The number of amides is 1. The van der Waals surface area contributed by atoms with E-state index in [-0.39, 0.29) is 18.1 Å². The van der Waals surface area contributed by atoms with Crippen molar-refractivity contribution in [3.8, 4) is 0 Å². The minimum Gasteiger partial charge on any atom is -0.348 e. The monoisotopic (exact) mass is 423 g/mol. The first kappa shape index (κ1) is 19.9. The number of ketones is 1. The summed E-state index contributed by atoms with van der Waals surface area (Å²) in [5.41, 5.74) is 2.53. The number of aromatic nitrogens is 1. The van der Waals surface area contributed by atoms with Crippen LogP contribution in [0.25, 0.3) is 0 Å². The normalized spacial score (nSPS) is 17.7. The molecule has 2 atom stereocenters. The average molecular weight is 423 g/mol. The smallest absolute Gasteiger partial charge is 0.251 e. The summed E-state index contributed by atoms with van der Waals surface area (Å²) in [6.07, 6.45) is 3.42. The topological polar surface area (TPSA) is 88.2 Å². The van der Waals surface area contributed by atoms with Gasteiger partial charge in [0, 0.05) is 30.1 Å². The lowest BCUT2D eigenvalue weighted by atomic mass is 9.98. The largest absolute Gasteiger partial charge is 0.348 e. The summed E-state index contributed by atoms with van der Waals surface area (Å²) in [7, 11) is -1.65. The number of halogens is 1. The fourth-order valence-corrected chi connectivity index (χ4v) is 4.46. The molecule has 1 amide bonds. The van der Waals surface area contributed by atoms with E-state index in [0.717, 1.165) is 5.56 Å².